The van der Waals surface area contributed by atoms with E-state index in [0.717, 1.165) is 26.2 Å². The summed E-state index contributed by atoms with van der Waals surface area (Å²) in [6, 6.07) is 4.99. The van der Waals surface area contributed by atoms with E-state index in [1.54, 1.807) is 18.2 Å². The van der Waals surface area contributed by atoms with E-state index in [1.165, 1.54) is 6.07 Å². The van der Waals surface area contributed by atoms with E-state index in [0.29, 0.717) is 11.3 Å². The van der Waals surface area contributed by atoms with Crippen molar-refractivity contribution in [1.82, 2.24) is 15.5 Å². The minimum atomic E-state index is -0.386. The first-order valence-corrected chi connectivity index (χ1v) is 7.91. The Balaban J connectivity index is 1.90. The van der Waals surface area contributed by atoms with Crippen molar-refractivity contribution in [3.05, 3.63) is 39.6 Å². The lowest BCUT2D eigenvalue weighted by molar-refractivity contribution is -0.384. The highest BCUT2D eigenvalue weighted by Crippen LogP contribution is 2.30. The fraction of sp³-hybridized carbons (Fsp3) is 0.333. The number of nitrogens with one attached hydrogen (secondary N) is 2. The number of benzene rings is 1. The van der Waals surface area contributed by atoms with Crippen LogP contribution in [0.5, 0.6) is 0 Å². The summed E-state index contributed by atoms with van der Waals surface area (Å²) in [4.78, 5) is 27.0. The molecule has 126 valence electrons. The first-order chi connectivity index (χ1) is 11.4. The first kappa shape index (κ1) is 16.3. The number of hydrogen-bond donors (Lipinski definition) is 2. The Labute approximate surface area is 144 Å². The maximum absolute atomic E-state index is 11.7. The molecule has 1 amide bonds. The number of piperazine rings is 1. The van der Waals surface area contributed by atoms with Crippen LogP contribution >= 0.6 is 12.2 Å². The number of likely N-dealkylation sites (N-methyl/N-ethyl adjacent to an activating group) is 1. The fourth-order valence-electron chi connectivity index (χ4n) is 2.74. The lowest BCUT2D eigenvalue weighted by Gasteiger charge is -2.33. The predicted octanol–water partition coefficient (Wildman–Crippen LogP) is 0.692. The summed E-state index contributed by atoms with van der Waals surface area (Å²) in [6.07, 6.45) is 1.55. The van der Waals surface area contributed by atoms with Gasteiger partial charge in [-0.1, -0.05) is 6.07 Å². The Morgan fingerprint density at radius 2 is 1.96 bits per heavy atom. The number of rotatable bonds is 3. The van der Waals surface area contributed by atoms with Crippen LogP contribution in [0.25, 0.3) is 6.08 Å². The van der Waals surface area contributed by atoms with E-state index in [-0.39, 0.29) is 27.3 Å². The molecule has 3 rings (SSSR count). The summed E-state index contributed by atoms with van der Waals surface area (Å²) in [7, 11) is 2.03. The number of nitro benzene ring substituents is 1. The summed E-state index contributed by atoms with van der Waals surface area (Å²) in [6.45, 7) is 3.22. The van der Waals surface area contributed by atoms with Crippen LogP contribution in [-0.4, -0.2) is 54.1 Å². The van der Waals surface area contributed by atoms with Gasteiger partial charge in [0.1, 0.15) is 11.4 Å². The Morgan fingerprint density at radius 3 is 2.54 bits per heavy atom. The van der Waals surface area contributed by atoms with Gasteiger partial charge in [0.25, 0.3) is 11.6 Å². The third-order valence-electron chi connectivity index (χ3n) is 4.07. The van der Waals surface area contributed by atoms with Crippen LogP contribution in [-0.2, 0) is 4.79 Å². The van der Waals surface area contributed by atoms with Crippen LogP contribution in [0.4, 0.5) is 11.4 Å². The number of hydrogen-bond acceptors (Lipinski definition) is 6. The molecular weight excluding hydrogens is 330 g/mol. The highest BCUT2D eigenvalue weighted by atomic mass is 32.1. The van der Waals surface area contributed by atoms with Crippen LogP contribution in [0.3, 0.4) is 0 Å². The summed E-state index contributed by atoms with van der Waals surface area (Å²) in [5, 5.41) is 16.9. The molecule has 0 spiro atoms. The molecule has 0 unspecified atom stereocenters. The first-order valence-electron chi connectivity index (χ1n) is 7.50. The lowest BCUT2D eigenvalue weighted by atomic mass is 10.1. The second-order valence-electron chi connectivity index (χ2n) is 5.76. The SMILES string of the molecule is CN1CCN(c2ccc(C=C3NC(=S)NC3=O)cc2[N+](=O)[O-])CC1. The molecule has 0 radical (unpaired) electrons. The molecule has 24 heavy (non-hydrogen) atoms. The van der Waals surface area contributed by atoms with Gasteiger partial charge >= 0.3 is 0 Å². The predicted molar refractivity (Wildman–Crippen MR) is 94.7 cm³/mol. The Bertz CT molecular complexity index is 741. The fourth-order valence-corrected chi connectivity index (χ4v) is 2.94. The van der Waals surface area contributed by atoms with Crippen LogP contribution in [0, 0.1) is 10.1 Å². The summed E-state index contributed by atoms with van der Waals surface area (Å²) >= 11 is 4.87. The van der Waals surface area contributed by atoms with Crippen LogP contribution < -0.4 is 15.5 Å². The van der Waals surface area contributed by atoms with Gasteiger partial charge in [-0.15, -0.1) is 0 Å². The number of anilines is 1. The van der Waals surface area contributed by atoms with E-state index in [4.69, 9.17) is 12.2 Å². The molecule has 2 aliphatic rings. The van der Waals surface area contributed by atoms with Crippen molar-refractivity contribution in [2.75, 3.05) is 38.1 Å². The monoisotopic (exact) mass is 347 g/mol. The molecule has 2 aliphatic heterocycles. The van der Waals surface area contributed by atoms with Crippen molar-refractivity contribution in [3.8, 4) is 0 Å². The molecular formula is C15H17N5O3S. The van der Waals surface area contributed by atoms with Crippen molar-refractivity contribution in [2.45, 2.75) is 0 Å². The molecule has 2 heterocycles. The Hall–Kier alpha value is -2.52. The number of amides is 1. The molecule has 2 fully saturated rings. The zero-order valence-corrected chi connectivity index (χ0v) is 13.9. The van der Waals surface area contributed by atoms with Crippen molar-refractivity contribution >= 4 is 40.7 Å². The largest absolute Gasteiger partial charge is 0.363 e. The number of carbonyl (C=O) groups excluding carboxylic acids is 1. The maximum atomic E-state index is 11.7. The quantitative estimate of drug-likeness (QED) is 0.360. The van der Waals surface area contributed by atoms with Crippen molar-refractivity contribution in [1.29, 1.82) is 0 Å². The molecule has 9 heteroatoms. The van der Waals surface area contributed by atoms with Crippen LogP contribution in [0.2, 0.25) is 0 Å². The van der Waals surface area contributed by atoms with E-state index in [9.17, 15) is 14.9 Å². The smallest absolute Gasteiger partial charge is 0.293 e. The zero-order valence-electron chi connectivity index (χ0n) is 13.1. The summed E-state index contributed by atoms with van der Waals surface area (Å²) < 4.78 is 0. The van der Waals surface area contributed by atoms with Crippen molar-refractivity contribution in [3.63, 3.8) is 0 Å². The highest BCUT2D eigenvalue weighted by Gasteiger charge is 2.24. The molecule has 8 nitrogen and oxygen atoms in total. The van der Waals surface area contributed by atoms with E-state index in [2.05, 4.69) is 15.5 Å². The second kappa shape index (κ2) is 6.54. The average Bonchev–Trinajstić information content (AvgIpc) is 2.85. The normalized spacial score (nSPS) is 20.2. The number of thiocarbonyl (C=S) groups is 1. The van der Waals surface area contributed by atoms with Gasteiger partial charge in [-0.3, -0.25) is 20.2 Å². The van der Waals surface area contributed by atoms with Gasteiger partial charge in [0.15, 0.2) is 5.11 Å². The average molecular weight is 347 g/mol. The highest BCUT2D eigenvalue weighted by molar-refractivity contribution is 7.80. The van der Waals surface area contributed by atoms with Gasteiger partial charge in [-0.05, 0) is 37.0 Å². The summed E-state index contributed by atoms with van der Waals surface area (Å²) in [5.74, 6) is -0.342. The van der Waals surface area contributed by atoms with E-state index >= 15 is 0 Å². The Kier molecular flexibility index (Phi) is 4.45. The molecule has 0 atom stereocenters. The van der Waals surface area contributed by atoms with Gasteiger partial charge in [-0.2, -0.15) is 0 Å². The van der Waals surface area contributed by atoms with Crippen LogP contribution in [0.1, 0.15) is 5.56 Å². The van der Waals surface area contributed by atoms with Gasteiger partial charge in [0, 0.05) is 32.2 Å². The van der Waals surface area contributed by atoms with Gasteiger partial charge < -0.3 is 15.1 Å². The number of carbonyl (C=O) groups is 1. The zero-order chi connectivity index (χ0) is 17.3. The molecule has 0 aromatic heterocycles. The topological polar surface area (TPSA) is 90.8 Å². The van der Waals surface area contributed by atoms with E-state index < -0.39 is 0 Å². The van der Waals surface area contributed by atoms with Crippen molar-refractivity contribution in [2.24, 2.45) is 0 Å². The summed E-state index contributed by atoms with van der Waals surface area (Å²) in [5.41, 5.74) is 1.49. The molecule has 1 aromatic rings. The molecule has 0 saturated carbocycles. The second-order valence-corrected chi connectivity index (χ2v) is 6.17. The molecule has 2 N–H and O–H groups in total. The van der Waals surface area contributed by atoms with Gasteiger partial charge in [0.05, 0.1) is 4.92 Å². The van der Waals surface area contributed by atoms with Gasteiger partial charge in [-0.25, -0.2) is 0 Å². The molecule has 0 bridgehead atoms. The third-order valence-corrected chi connectivity index (χ3v) is 4.28. The standard InChI is InChI=1S/C15H17N5O3S/c1-18-4-6-19(7-5-18)12-3-2-10(9-13(12)20(22)23)8-11-14(21)17-15(24)16-11/h2-3,8-9H,4-7H2,1H3,(H2,16,17,21,24). The minimum absolute atomic E-state index is 0.0369. The molecule has 0 aliphatic carbocycles. The number of nitrogens with zero attached hydrogens (tertiary/aromatic N) is 3. The number of nitro groups is 1. The lowest BCUT2D eigenvalue weighted by Crippen LogP contribution is -2.44. The van der Waals surface area contributed by atoms with Gasteiger partial charge in [0.2, 0.25) is 0 Å². The van der Waals surface area contributed by atoms with Crippen LogP contribution in [0.15, 0.2) is 23.9 Å². The molecule has 1 aromatic carbocycles. The van der Waals surface area contributed by atoms with E-state index in [1.807, 2.05) is 11.9 Å². The van der Waals surface area contributed by atoms with Crippen molar-refractivity contribution < 1.29 is 9.72 Å². The maximum Gasteiger partial charge on any atom is 0.293 e. The molecule has 2 saturated heterocycles. The third kappa shape index (κ3) is 3.36. The Morgan fingerprint density at radius 1 is 1.25 bits per heavy atom. The minimum Gasteiger partial charge on any atom is -0.363 e.